The molecule has 0 unspecified atom stereocenters. The van der Waals surface area contributed by atoms with Crippen molar-refractivity contribution in [2.24, 2.45) is 5.92 Å². The summed E-state index contributed by atoms with van der Waals surface area (Å²) < 4.78 is 41.6. The average molecular weight is 489 g/mol. The van der Waals surface area contributed by atoms with Gasteiger partial charge < -0.3 is 15.1 Å². The molecule has 2 aromatic heterocycles. The Morgan fingerprint density at radius 2 is 1.91 bits per heavy atom. The monoisotopic (exact) mass is 488 g/mol. The van der Waals surface area contributed by atoms with E-state index in [0.717, 1.165) is 47.6 Å². The molecule has 0 saturated carbocycles. The van der Waals surface area contributed by atoms with Gasteiger partial charge in [-0.3, -0.25) is 0 Å². The third-order valence-corrected chi connectivity index (χ3v) is 6.75. The lowest BCUT2D eigenvalue weighted by Crippen LogP contribution is -2.39. The summed E-state index contributed by atoms with van der Waals surface area (Å²) in [4.78, 5) is 9.30. The Kier molecular flexibility index (Phi) is 7.66. The van der Waals surface area contributed by atoms with Gasteiger partial charge in [-0.15, -0.1) is 0 Å². The van der Waals surface area contributed by atoms with Crippen LogP contribution in [0.2, 0.25) is 0 Å². The summed E-state index contributed by atoms with van der Waals surface area (Å²) >= 11 is 0. The Balaban J connectivity index is 1.69. The molecule has 1 aromatic carbocycles. The van der Waals surface area contributed by atoms with Gasteiger partial charge in [0.25, 0.3) is 0 Å². The zero-order chi connectivity index (χ0) is 25.2. The van der Waals surface area contributed by atoms with E-state index < -0.39 is 12.1 Å². The zero-order valence-corrected chi connectivity index (χ0v) is 20.9. The lowest BCUT2D eigenvalue weighted by atomic mass is 9.95. The van der Waals surface area contributed by atoms with Crippen molar-refractivity contribution in [3.63, 3.8) is 0 Å². The molecule has 0 radical (unpaired) electrons. The van der Waals surface area contributed by atoms with Crippen LogP contribution in [0.4, 0.5) is 18.9 Å². The number of rotatable bonds is 8. The number of pyridine rings is 1. The summed E-state index contributed by atoms with van der Waals surface area (Å²) in [6, 6.07) is 10.5. The molecule has 1 saturated heterocycles. The van der Waals surface area contributed by atoms with Crippen LogP contribution in [0.15, 0.2) is 36.5 Å². The van der Waals surface area contributed by atoms with Gasteiger partial charge in [-0.2, -0.15) is 18.3 Å². The van der Waals surface area contributed by atoms with E-state index in [2.05, 4.69) is 53.2 Å². The van der Waals surface area contributed by atoms with E-state index in [1.165, 1.54) is 5.56 Å². The number of halogens is 3. The number of likely N-dealkylation sites (N-methyl/N-ethyl adjacent to an activating group) is 2. The SMILES string of the molecule is CNCCN(C)Cc1cccc(-c2cc(N3CCC(C(F)(F)F)CC3)c3cnn(C(C)C)c3n2)c1. The van der Waals surface area contributed by atoms with Crippen LogP contribution >= 0.6 is 0 Å². The summed E-state index contributed by atoms with van der Waals surface area (Å²) in [5.74, 6) is -1.23. The first-order chi connectivity index (χ1) is 16.7. The first-order valence-corrected chi connectivity index (χ1v) is 12.3. The van der Waals surface area contributed by atoms with Gasteiger partial charge in [-0.1, -0.05) is 18.2 Å². The van der Waals surface area contributed by atoms with Gasteiger partial charge in [0.1, 0.15) is 0 Å². The number of aromatic nitrogens is 3. The fraction of sp³-hybridized carbons (Fsp3) is 0.538. The van der Waals surface area contributed by atoms with E-state index in [1.807, 2.05) is 29.9 Å². The van der Waals surface area contributed by atoms with E-state index in [4.69, 9.17) is 4.98 Å². The van der Waals surface area contributed by atoms with E-state index in [0.29, 0.717) is 13.1 Å². The fourth-order valence-corrected chi connectivity index (χ4v) is 4.76. The molecule has 0 atom stereocenters. The summed E-state index contributed by atoms with van der Waals surface area (Å²) in [5.41, 5.74) is 4.67. The number of anilines is 1. The van der Waals surface area contributed by atoms with Crippen LogP contribution in [-0.2, 0) is 6.54 Å². The molecule has 3 heterocycles. The van der Waals surface area contributed by atoms with Crippen LogP contribution in [0, 0.1) is 5.92 Å². The van der Waals surface area contributed by atoms with Crippen LogP contribution in [0.3, 0.4) is 0 Å². The average Bonchev–Trinajstić information content (AvgIpc) is 3.26. The topological polar surface area (TPSA) is 49.2 Å². The Hall–Kier alpha value is -2.65. The first kappa shape index (κ1) is 25.4. The number of hydrogen-bond acceptors (Lipinski definition) is 5. The van der Waals surface area contributed by atoms with Crippen molar-refractivity contribution in [2.75, 3.05) is 45.2 Å². The second-order valence-electron chi connectivity index (χ2n) is 9.79. The molecule has 1 aliphatic rings. The number of fused-ring (bicyclic) bond motifs is 1. The maximum atomic E-state index is 13.2. The second kappa shape index (κ2) is 10.5. The standard InChI is InChI=1S/C26H35F3N6/c1-18(2)35-25-22(16-31-35)24(34-11-8-21(9-12-34)26(27,28)29)15-23(32-25)20-7-5-6-19(14-20)17-33(4)13-10-30-3/h5-7,14-16,18,21,30H,8-13,17H2,1-4H3. The lowest BCUT2D eigenvalue weighted by molar-refractivity contribution is -0.179. The van der Waals surface area contributed by atoms with Crippen LogP contribution < -0.4 is 10.2 Å². The van der Waals surface area contributed by atoms with Crippen molar-refractivity contribution >= 4 is 16.7 Å². The number of piperidine rings is 1. The number of nitrogens with zero attached hydrogens (tertiary/aromatic N) is 5. The molecule has 9 heteroatoms. The van der Waals surface area contributed by atoms with E-state index >= 15 is 0 Å². The third-order valence-electron chi connectivity index (χ3n) is 6.75. The Bertz CT molecular complexity index is 1130. The van der Waals surface area contributed by atoms with Gasteiger partial charge in [0.05, 0.1) is 28.9 Å². The van der Waals surface area contributed by atoms with Crippen molar-refractivity contribution in [3.8, 4) is 11.3 Å². The number of hydrogen-bond donors (Lipinski definition) is 1. The van der Waals surface area contributed by atoms with Crippen molar-refractivity contribution in [1.82, 2.24) is 25.0 Å². The van der Waals surface area contributed by atoms with Gasteiger partial charge in [0.15, 0.2) is 5.65 Å². The van der Waals surface area contributed by atoms with E-state index in [-0.39, 0.29) is 18.9 Å². The van der Waals surface area contributed by atoms with Crippen molar-refractivity contribution in [1.29, 1.82) is 0 Å². The molecule has 4 rings (SSSR count). The van der Waals surface area contributed by atoms with Gasteiger partial charge in [0, 0.05) is 44.3 Å². The fourth-order valence-electron chi connectivity index (χ4n) is 4.76. The van der Waals surface area contributed by atoms with Crippen molar-refractivity contribution < 1.29 is 13.2 Å². The predicted octanol–water partition coefficient (Wildman–Crippen LogP) is 5.11. The minimum absolute atomic E-state index is 0.107. The molecule has 3 aromatic rings. The van der Waals surface area contributed by atoms with Crippen molar-refractivity contribution in [2.45, 2.75) is 45.5 Å². The highest BCUT2D eigenvalue weighted by atomic mass is 19.4. The highest BCUT2D eigenvalue weighted by Gasteiger charge is 2.41. The molecular formula is C26H35F3N6. The van der Waals surface area contributed by atoms with Crippen molar-refractivity contribution in [3.05, 3.63) is 42.1 Å². The smallest absolute Gasteiger partial charge is 0.371 e. The normalized spacial score (nSPS) is 15.6. The Morgan fingerprint density at radius 3 is 2.57 bits per heavy atom. The molecule has 1 fully saturated rings. The first-order valence-electron chi connectivity index (χ1n) is 12.3. The highest BCUT2D eigenvalue weighted by molar-refractivity contribution is 5.92. The molecule has 0 spiro atoms. The second-order valence-corrected chi connectivity index (χ2v) is 9.79. The minimum atomic E-state index is -4.13. The summed E-state index contributed by atoms with van der Waals surface area (Å²) in [7, 11) is 4.04. The summed E-state index contributed by atoms with van der Waals surface area (Å²) in [5, 5.41) is 8.62. The quantitative estimate of drug-likeness (QED) is 0.478. The van der Waals surface area contributed by atoms with Crippen LogP contribution in [-0.4, -0.2) is 66.1 Å². The molecule has 0 amide bonds. The lowest BCUT2D eigenvalue weighted by Gasteiger charge is -2.34. The van der Waals surface area contributed by atoms with Gasteiger partial charge in [0.2, 0.25) is 0 Å². The minimum Gasteiger partial charge on any atom is -0.371 e. The van der Waals surface area contributed by atoms with Gasteiger partial charge in [-0.05, 0) is 58.5 Å². The molecule has 0 bridgehead atoms. The molecule has 6 nitrogen and oxygen atoms in total. The number of benzene rings is 1. The molecule has 1 aliphatic heterocycles. The van der Waals surface area contributed by atoms with E-state index in [9.17, 15) is 13.2 Å². The van der Waals surface area contributed by atoms with Crippen LogP contribution in [0.5, 0.6) is 0 Å². The molecular weight excluding hydrogens is 453 g/mol. The Morgan fingerprint density at radius 1 is 1.17 bits per heavy atom. The summed E-state index contributed by atoms with van der Waals surface area (Å²) in [6.07, 6.45) is -2.12. The van der Waals surface area contributed by atoms with E-state index in [1.54, 1.807) is 6.20 Å². The zero-order valence-electron chi connectivity index (χ0n) is 20.9. The van der Waals surface area contributed by atoms with Crippen LogP contribution in [0.25, 0.3) is 22.3 Å². The maximum Gasteiger partial charge on any atom is 0.391 e. The van der Waals surface area contributed by atoms with Crippen LogP contribution in [0.1, 0.15) is 38.3 Å². The van der Waals surface area contributed by atoms with Gasteiger partial charge in [-0.25, -0.2) is 9.67 Å². The molecule has 1 N–H and O–H groups in total. The maximum absolute atomic E-state index is 13.2. The number of nitrogens with one attached hydrogen (secondary N) is 1. The molecule has 190 valence electrons. The third kappa shape index (κ3) is 5.78. The predicted molar refractivity (Wildman–Crippen MR) is 135 cm³/mol. The number of alkyl halides is 3. The molecule has 0 aliphatic carbocycles. The highest BCUT2D eigenvalue weighted by Crippen LogP contribution is 2.38. The largest absolute Gasteiger partial charge is 0.391 e. The van der Waals surface area contributed by atoms with Gasteiger partial charge >= 0.3 is 6.18 Å². The Labute approximate surface area is 205 Å². The summed E-state index contributed by atoms with van der Waals surface area (Å²) in [6.45, 7) is 7.52. The molecule has 35 heavy (non-hydrogen) atoms.